The van der Waals surface area contributed by atoms with Crippen molar-refractivity contribution < 1.29 is 4.74 Å². The Morgan fingerprint density at radius 1 is 1.26 bits per heavy atom. The van der Waals surface area contributed by atoms with Crippen LogP contribution >= 0.6 is 12.2 Å². The summed E-state index contributed by atoms with van der Waals surface area (Å²) in [5.41, 5.74) is 6.94. The first kappa shape index (κ1) is 13.2. The highest BCUT2D eigenvalue weighted by Crippen LogP contribution is 2.20. The average molecular weight is 274 g/mol. The molecule has 0 aliphatic heterocycles. The quantitative estimate of drug-likeness (QED) is 0.815. The lowest BCUT2D eigenvalue weighted by Crippen LogP contribution is -2.14. The normalized spacial score (nSPS) is 9.95. The van der Waals surface area contributed by atoms with Gasteiger partial charge < -0.3 is 15.8 Å². The Balaban J connectivity index is 2.19. The summed E-state index contributed by atoms with van der Waals surface area (Å²) in [7, 11) is 0. The molecule has 0 amide bonds. The highest BCUT2D eigenvalue weighted by Gasteiger charge is 2.07. The zero-order chi connectivity index (χ0) is 13.7. The summed E-state index contributed by atoms with van der Waals surface area (Å²) in [5, 5.41) is 3.13. The number of hydrogen-bond acceptors (Lipinski definition) is 5. The van der Waals surface area contributed by atoms with E-state index in [9.17, 15) is 0 Å². The maximum Gasteiger partial charge on any atom is 0.159 e. The molecule has 0 fully saturated rings. The molecule has 98 valence electrons. The predicted molar refractivity (Wildman–Crippen MR) is 78.8 cm³/mol. The number of thiocarbonyl (C=S) groups is 1. The summed E-state index contributed by atoms with van der Waals surface area (Å²) in [5.74, 6) is 1.36. The minimum absolute atomic E-state index is 0.210. The standard InChI is InChI=1S/C13H14N4OS/c1-2-18-10-5-3-9(4-6-10)17-13-11(12(14)19)15-7-8-16-13/h3-8H,2H2,1H3,(H2,14,19)(H,16,17). The molecule has 2 aromatic rings. The van der Waals surface area contributed by atoms with Crippen LogP contribution in [0.15, 0.2) is 36.7 Å². The number of aromatic nitrogens is 2. The molecule has 1 heterocycles. The van der Waals surface area contributed by atoms with E-state index >= 15 is 0 Å². The summed E-state index contributed by atoms with van der Waals surface area (Å²) < 4.78 is 5.38. The molecular formula is C13H14N4OS. The first-order chi connectivity index (χ1) is 9.20. The van der Waals surface area contributed by atoms with Crippen molar-refractivity contribution >= 4 is 28.7 Å². The summed E-state index contributed by atoms with van der Waals surface area (Å²) in [6.07, 6.45) is 3.14. The third kappa shape index (κ3) is 3.38. The van der Waals surface area contributed by atoms with Gasteiger partial charge in [0.15, 0.2) is 5.82 Å². The molecule has 0 unspecified atom stereocenters. The number of anilines is 2. The van der Waals surface area contributed by atoms with E-state index in [0.29, 0.717) is 18.1 Å². The number of nitrogens with one attached hydrogen (secondary N) is 1. The van der Waals surface area contributed by atoms with E-state index in [1.807, 2.05) is 31.2 Å². The molecule has 19 heavy (non-hydrogen) atoms. The van der Waals surface area contributed by atoms with Gasteiger partial charge in [0.1, 0.15) is 16.4 Å². The van der Waals surface area contributed by atoms with Crippen molar-refractivity contribution in [3.05, 3.63) is 42.4 Å². The number of rotatable bonds is 5. The van der Waals surface area contributed by atoms with Crippen LogP contribution in [-0.4, -0.2) is 21.6 Å². The molecule has 0 bridgehead atoms. The Kier molecular flexibility index (Phi) is 4.25. The predicted octanol–water partition coefficient (Wildman–Crippen LogP) is 2.25. The van der Waals surface area contributed by atoms with Crippen LogP contribution in [0, 0.1) is 0 Å². The molecule has 0 spiro atoms. The van der Waals surface area contributed by atoms with Gasteiger partial charge in [-0.2, -0.15) is 0 Å². The number of ether oxygens (including phenoxy) is 1. The Bertz CT molecular complexity index is 571. The molecule has 1 aromatic heterocycles. The number of nitrogens with two attached hydrogens (primary N) is 1. The Hall–Kier alpha value is -2.21. The van der Waals surface area contributed by atoms with Gasteiger partial charge in [-0.05, 0) is 31.2 Å². The molecule has 0 radical (unpaired) electrons. The Labute approximate surface area is 116 Å². The van der Waals surface area contributed by atoms with Crippen molar-refractivity contribution in [2.24, 2.45) is 5.73 Å². The monoisotopic (exact) mass is 274 g/mol. The highest BCUT2D eigenvalue weighted by molar-refractivity contribution is 7.80. The third-order valence-corrected chi connectivity index (χ3v) is 2.55. The van der Waals surface area contributed by atoms with Crippen LogP contribution in [0.4, 0.5) is 11.5 Å². The van der Waals surface area contributed by atoms with Crippen LogP contribution < -0.4 is 15.8 Å². The summed E-state index contributed by atoms with van der Waals surface area (Å²) in [4.78, 5) is 8.50. The van der Waals surface area contributed by atoms with Gasteiger partial charge in [0.05, 0.1) is 6.61 Å². The van der Waals surface area contributed by atoms with Crippen molar-refractivity contribution in [2.75, 3.05) is 11.9 Å². The van der Waals surface area contributed by atoms with E-state index < -0.39 is 0 Å². The van der Waals surface area contributed by atoms with Crippen molar-refractivity contribution in [3.63, 3.8) is 0 Å². The first-order valence-corrected chi connectivity index (χ1v) is 6.22. The van der Waals surface area contributed by atoms with Gasteiger partial charge >= 0.3 is 0 Å². The van der Waals surface area contributed by atoms with Gasteiger partial charge in [-0.25, -0.2) is 9.97 Å². The van der Waals surface area contributed by atoms with Crippen LogP contribution in [0.25, 0.3) is 0 Å². The number of hydrogen-bond donors (Lipinski definition) is 2. The van der Waals surface area contributed by atoms with E-state index in [0.717, 1.165) is 11.4 Å². The van der Waals surface area contributed by atoms with Crippen LogP contribution in [-0.2, 0) is 0 Å². The van der Waals surface area contributed by atoms with Crippen molar-refractivity contribution in [3.8, 4) is 5.75 Å². The molecular weight excluding hydrogens is 260 g/mol. The van der Waals surface area contributed by atoms with Crippen LogP contribution in [0.5, 0.6) is 5.75 Å². The van der Waals surface area contributed by atoms with Gasteiger partial charge in [0, 0.05) is 18.1 Å². The minimum atomic E-state index is 0.210. The summed E-state index contributed by atoms with van der Waals surface area (Å²) in [6, 6.07) is 7.54. The molecule has 6 heteroatoms. The average Bonchev–Trinajstić information content (AvgIpc) is 2.42. The molecule has 3 N–H and O–H groups in total. The lowest BCUT2D eigenvalue weighted by molar-refractivity contribution is 0.340. The second-order valence-electron chi connectivity index (χ2n) is 3.70. The largest absolute Gasteiger partial charge is 0.494 e. The first-order valence-electron chi connectivity index (χ1n) is 5.81. The second-order valence-corrected chi connectivity index (χ2v) is 4.14. The summed E-state index contributed by atoms with van der Waals surface area (Å²) in [6.45, 7) is 2.59. The van der Waals surface area contributed by atoms with Gasteiger partial charge in [-0.1, -0.05) is 12.2 Å². The van der Waals surface area contributed by atoms with Crippen molar-refractivity contribution in [1.82, 2.24) is 9.97 Å². The molecule has 0 aliphatic carbocycles. The fourth-order valence-corrected chi connectivity index (χ4v) is 1.70. The van der Waals surface area contributed by atoms with E-state index in [-0.39, 0.29) is 4.99 Å². The number of nitrogens with zero attached hydrogens (tertiary/aromatic N) is 2. The maximum absolute atomic E-state index is 5.60. The van der Waals surface area contributed by atoms with Crippen LogP contribution in [0.3, 0.4) is 0 Å². The third-order valence-electron chi connectivity index (χ3n) is 2.36. The number of benzene rings is 1. The highest BCUT2D eigenvalue weighted by atomic mass is 32.1. The molecule has 0 aliphatic rings. The molecule has 0 saturated carbocycles. The van der Waals surface area contributed by atoms with Crippen molar-refractivity contribution in [2.45, 2.75) is 6.92 Å². The molecule has 0 atom stereocenters. The van der Waals surface area contributed by atoms with Gasteiger partial charge in [0.25, 0.3) is 0 Å². The van der Waals surface area contributed by atoms with Gasteiger partial charge in [-0.3, -0.25) is 0 Å². The van der Waals surface area contributed by atoms with Crippen molar-refractivity contribution in [1.29, 1.82) is 0 Å². The molecule has 0 saturated heterocycles. The fraction of sp³-hybridized carbons (Fsp3) is 0.154. The lowest BCUT2D eigenvalue weighted by Gasteiger charge is -2.09. The van der Waals surface area contributed by atoms with E-state index in [1.54, 1.807) is 12.4 Å². The fourth-order valence-electron chi connectivity index (χ4n) is 1.55. The maximum atomic E-state index is 5.60. The van der Waals surface area contributed by atoms with E-state index in [4.69, 9.17) is 22.7 Å². The summed E-state index contributed by atoms with van der Waals surface area (Å²) >= 11 is 4.94. The topological polar surface area (TPSA) is 73.1 Å². The van der Waals surface area contributed by atoms with E-state index in [2.05, 4.69) is 15.3 Å². The minimum Gasteiger partial charge on any atom is -0.494 e. The molecule has 2 rings (SSSR count). The Morgan fingerprint density at radius 2 is 1.95 bits per heavy atom. The zero-order valence-electron chi connectivity index (χ0n) is 10.5. The van der Waals surface area contributed by atoms with Crippen LogP contribution in [0.2, 0.25) is 0 Å². The van der Waals surface area contributed by atoms with Gasteiger partial charge in [-0.15, -0.1) is 0 Å². The van der Waals surface area contributed by atoms with E-state index in [1.165, 1.54) is 0 Å². The van der Waals surface area contributed by atoms with Gasteiger partial charge in [0.2, 0.25) is 0 Å². The molecule has 5 nitrogen and oxygen atoms in total. The lowest BCUT2D eigenvalue weighted by atomic mass is 10.3. The second kappa shape index (κ2) is 6.10. The molecule has 1 aromatic carbocycles. The Morgan fingerprint density at radius 3 is 2.58 bits per heavy atom. The van der Waals surface area contributed by atoms with Crippen LogP contribution in [0.1, 0.15) is 12.6 Å². The zero-order valence-corrected chi connectivity index (χ0v) is 11.3. The SMILES string of the molecule is CCOc1ccc(Nc2nccnc2C(N)=S)cc1. The smallest absolute Gasteiger partial charge is 0.159 e.